The first kappa shape index (κ1) is 28.9. The van der Waals surface area contributed by atoms with Crippen LogP contribution in [-0.2, 0) is 17.6 Å². The molecular formula is C36H36N2O. The number of unbranched alkanes of at least 4 members (excludes halogenated alkanes) is 1. The Bertz CT molecular complexity index is 1350. The van der Waals surface area contributed by atoms with Gasteiger partial charge in [0.05, 0.1) is 6.07 Å². The van der Waals surface area contributed by atoms with Gasteiger partial charge < -0.3 is 5.73 Å². The van der Waals surface area contributed by atoms with Crippen LogP contribution >= 0.6 is 0 Å². The summed E-state index contributed by atoms with van der Waals surface area (Å²) < 4.78 is 0. The maximum Gasteiger partial charge on any atom is 0.217 e. The van der Waals surface area contributed by atoms with Crippen LogP contribution in [-0.4, -0.2) is 5.91 Å². The molecule has 4 rings (SSSR count). The van der Waals surface area contributed by atoms with Gasteiger partial charge in [-0.05, 0) is 59.1 Å². The van der Waals surface area contributed by atoms with Crippen molar-refractivity contribution in [2.75, 3.05) is 0 Å². The van der Waals surface area contributed by atoms with Gasteiger partial charge in [-0.3, -0.25) is 4.79 Å². The summed E-state index contributed by atoms with van der Waals surface area (Å²) >= 11 is 0. The highest BCUT2D eigenvalue weighted by Gasteiger charge is 2.04. The number of benzene rings is 4. The van der Waals surface area contributed by atoms with Crippen LogP contribution in [0.5, 0.6) is 0 Å². The molecule has 0 aliphatic carbocycles. The van der Waals surface area contributed by atoms with Crippen LogP contribution < -0.4 is 5.73 Å². The second kappa shape index (κ2) is 16.9. The Morgan fingerprint density at radius 3 is 1.38 bits per heavy atom. The van der Waals surface area contributed by atoms with Crippen molar-refractivity contribution in [1.82, 2.24) is 0 Å². The molecule has 0 bridgehead atoms. The zero-order valence-corrected chi connectivity index (χ0v) is 22.4. The molecule has 4 aromatic carbocycles. The lowest BCUT2D eigenvalue weighted by molar-refractivity contribution is -0.117. The first-order chi connectivity index (χ1) is 19.2. The lowest BCUT2D eigenvalue weighted by Gasteiger charge is -2.08. The van der Waals surface area contributed by atoms with E-state index < -0.39 is 0 Å². The molecule has 0 saturated carbocycles. The monoisotopic (exact) mass is 512 g/mol. The minimum absolute atomic E-state index is 0.256. The fourth-order valence-corrected chi connectivity index (χ4v) is 4.22. The van der Waals surface area contributed by atoms with E-state index in [9.17, 15) is 4.79 Å². The molecule has 0 radical (unpaired) electrons. The minimum Gasteiger partial charge on any atom is -0.370 e. The molecule has 0 fully saturated rings. The van der Waals surface area contributed by atoms with E-state index in [4.69, 9.17) is 11.0 Å². The van der Waals surface area contributed by atoms with Crippen molar-refractivity contribution in [3.8, 4) is 6.07 Å². The van der Waals surface area contributed by atoms with Crippen LogP contribution in [0.15, 0.2) is 133 Å². The number of nitriles is 1. The van der Waals surface area contributed by atoms with E-state index in [1.807, 2.05) is 48.5 Å². The Labute approximate surface area is 233 Å². The van der Waals surface area contributed by atoms with Gasteiger partial charge in [-0.15, -0.1) is 0 Å². The highest BCUT2D eigenvalue weighted by molar-refractivity contribution is 5.74. The Morgan fingerprint density at radius 2 is 1.00 bits per heavy atom. The fourth-order valence-electron chi connectivity index (χ4n) is 4.22. The van der Waals surface area contributed by atoms with Gasteiger partial charge in [-0.25, -0.2) is 0 Å². The molecule has 2 N–H and O–H groups in total. The zero-order chi connectivity index (χ0) is 27.5. The largest absolute Gasteiger partial charge is 0.370 e. The molecule has 0 aromatic heterocycles. The Morgan fingerprint density at radius 1 is 0.615 bits per heavy atom. The van der Waals surface area contributed by atoms with Crippen molar-refractivity contribution in [3.05, 3.63) is 156 Å². The minimum atomic E-state index is -0.256. The lowest BCUT2D eigenvalue weighted by atomic mass is 9.97. The highest BCUT2D eigenvalue weighted by atomic mass is 16.1. The summed E-state index contributed by atoms with van der Waals surface area (Å²) in [6, 6.07) is 43.6. The highest BCUT2D eigenvalue weighted by Crippen LogP contribution is 2.22. The van der Waals surface area contributed by atoms with Gasteiger partial charge >= 0.3 is 0 Å². The van der Waals surface area contributed by atoms with E-state index in [2.05, 4.69) is 91.0 Å². The molecule has 0 atom stereocenters. The van der Waals surface area contributed by atoms with E-state index in [0.717, 1.165) is 19.3 Å². The van der Waals surface area contributed by atoms with E-state index in [-0.39, 0.29) is 5.91 Å². The van der Waals surface area contributed by atoms with E-state index >= 15 is 0 Å². The van der Waals surface area contributed by atoms with Crippen molar-refractivity contribution in [2.45, 2.75) is 38.5 Å². The summed E-state index contributed by atoms with van der Waals surface area (Å²) in [5.74, 6) is -0.256. The number of primary amides is 1. The number of amides is 1. The second-order valence-corrected chi connectivity index (χ2v) is 9.22. The summed E-state index contributed by atoms with van der Waals surface area (Å²) in [6.07, 6.45) is 8.55. The predicted octanol–water partition coefficient (Wildman–Crippen LogP) is 8.19. The van der Waals surface area contributed by atoms with Crippen molar-refractivity contribution in [3.63, 3.8) is 0 Å². The molecule has 3 heteroatoms. The van der Waals surface area contributed by atoms with Gasteiger partial charge in [0.25, 0.3) is 0 Å². The van der Waals surface area contributed by atoms with Gasteiger partial charge in [0, 0.05) is 12.8 Å². The summed E-state index contributed by atoms with van der Waals surface area (Å²) in [7, 11) is 0. The Balaban J connectivity index is 0.000000216. The number of rotatable bonds is 11. The molecule has 1 amide bonds. The first-order valence-electron chi connectivity index (χ1n) is 13.4. The maximum atomic E-state index is 10.9. The topological polar surface area (TPSA) is 66.9 Å². The van der Waals surface area contributed by atoms with Gasteiger partial charge in [0.2, 0.25) is 5.91 Å². The molecule has 196 valence electrons. The third-order valence-electron chi connectivity index (χ3n) is 6.19. The number of allylic oxidation sites excluding steroid dienone is 4. The SMILES string of the molecule is N#CCCC=C(Cc1ccccc1)c1ccccc1.NC(=O)CCC=C(Cc1ccccc1)c1ccccc1. The average molecular weight is 513 g/mol. The molecule has 3 nitrogen and oxygen atoms in total. The molecule has 0 saturated heterocycles. The van der Waals surface area contributed by atoms with Crippen molar-refractivity contribution in [2.24, 2.45) is 5.73 Å². The standard InChI is InChI=1S/C18H19NO.C18H17N/c19-18(20)13-7-12-17(16-10-5-2-6-11-16)14-15-8-3-1-4-9-15;19-14-8-7-13-18(17-11-5-2-6-12-17)15-16-9-3-1-4-10-16/h1-6,8-12H,7,13-14H2,(H2,19,20);1-6,9-13H,7-8,15H2. The average Bonchev–Trinajstić information content (AvgIpc) is 2.98. The van der Waals surface area contributed by atoms with Crippen LogP contribution in [0.2, 0.25) is 0 Å². The molecule has 0 heterocycles. The number of hydrogen-bond acceptors (Lipinski definition) is 2. The normalized spacial score (nSPS) is 11.2. The zero-order valence-electron chi connectivity index (χ0n) is 22.4. The summed E-state index contributed by atoms with van der Waals surface area (Å²) in [5.41, 5.74) is 12.7. The molecule has 0 spiro atoms. The number of nitrogens with two attached hydrogens (primary N) is 1. The maximum absolute atomic E-state index is 10.9. The van der Waals surface area contributed by atoms with E-state index in [0.29, 0.717) is 19.3 Å². The number of carbonyl (C=O) groups excluding carboxylic acids is 1. The van der Waals surface area contributed by atoms with Crippen molar-refractivity contribution in [1.29, 1.82) is 5.26 Å². The molecular weight excluding hydrogens is 476 g/mol. The van der Waals surface area contributed by atoms with Crippen LogP contribution in [0.4, 0.5) is 0 Å². The van der Waals surface area contributed by atoms with Gasteiger partial charge in [0.15, 0.2) is 0 Å². The van der Waals surface area contributed by atoms with Gasteiger partial charge in [0.1, 0.15) is 0 Å². The third-order valence-corrected chi connectivity index (χ3v) is 6.19. The van der Waals surface area contributed by atoms with Crippen molar-refractivity contribution < 1.29 is 4.79 Å². The third kappa shape index (κ3) is 11.1. The van der Waals surface area contributed by atoms with Crippen molar-refractivity contribution >= 4 is 17.1 Å². The van der Waals surface area contributed by atoms with Crippen LogP contribution in [0.25, 0.3) is 11.1 Å². The summed E-state index contributed by atoms with van der Waals surface area (Å²) in [5, 5.41) is 8.66. The Kier molecular flexibility index (Phi) is 12.6. The first-order valence-corrected chi connectivity index (χ1v) is 13.4. The second-order valence-electron chi connectivity index (χ2n) is 9.22. The Hall–Kier alpha value is -4.68. The fraction of sp³-hybridized carbons (Fsp3) is 0.167. The molecule has 0 aliphatic heterocycles. The number of hydrogen-bond donors (Lipinski definition) is 1. The number of nitrogens with zero attached hydrogens (tertiary/aromatic N) is 1. The molecule has 4 aromatic rings. The summed E-state index contributed by atoms with van der Waals surface area (Å²) in [6.45, 7) is 0. The van der Waals surface area contributed by atoms with Crippen LogP contribution in [0.1, 0.15) is 47.9 Å². The predicted molar refractivity (Wildman–Crippen MR) is 162 cm³/mol. The molecule has 0 aliphatic rings. The smallest absolute Gasteiger partial charge is 0.217 e. The van der Waals surface area contributed by atoms with E-state index in [1.165, 1.54) is 33.4 Å². The quantitative estimate of drug-likeness (QED) is 0.206. The van der Waals surface area contributed by atoms with Crippen LogP contribution in [0, 0.1) is 11.3 Å². The molecule has 39 heavy (non-hydrogen) atoms. The van der Waals surface area contributed by atoms with Gasteiger partial charge in [-0.2, -0.15) is 5.26 Å². The van der Waals surface area contributed by atoms with Crippen LogP contribution in [0.3, 0.4) is 0 Å². The molecule has 0 unspecified atom stereocenters. The lowest BCUT2D eigenvalue weighted by Crippen LogP contribution is -2.09. The van der Waals surface area contributed by atoms with Gasteiger partial charge in [-0.1, -0.05) is 133 Å². The van der Waals surface area contributed by atoms with E-state index in [1.54, 1.807) is 0 Å². The number of carbonyl (C=O) groups is 1. The summed E-state index contributed by atoms with van der Waals surface area (Å²) in [4.78, 5) is 10.9.